The average Bonchev–Trinajstić information content (AvgIpc) is 2.88. The average molecular weight is 551 g/mol. The molecule has 0 aromatic heterocycles. The minimum absolute atomic E-state index is 0.0617. The van der Waals surface area contributed by atoms with Crippen molar-refractivity contribution < 1.29 is 31.8 Å². The summed E-state index contributed by atoms with van der Waals surface area (Å²) in [5.74, 6) is 0.181. The largest absolute Gasteiger partial charge is 0.493 e. The number of nitrogens with zero attached hydrogens (tertiary/aromatic N) is 2. The Morgan fingerprint density at radius 1 is 0.919 bits per heavy atom. The van der Waals surface area contributed by atoms with Gasteiger partial charge in [-0.05, 0) is 48.0 Å². The van der Waals surface area contributed by atoms with Crippen LogP contribution in [0.5, 0.6) is 17.2 Å². The van der Waals surface area contributed by atoms with Crippen molar-refractivity contribution in [3.8, 4) is 17.2 Å². The van der Waals surface area contributed by atoms with Gasteiger partial charge in [-0.15, -0.1) is 0 Å². The molecule has 0 spiro atoms. The van der Waals surface area contributed by atoms with Gasteiger partial charge in [0.25, 0.3) is 0 Å². The maximum Gasteiger partial charge on any atom is 0.243 e. The number of hydrogen-bond donors (Lipinski definition) is 0. The summed E-state index contributed by atoms with van der Waals surface area (Å²) in [7, 11) is 1.84. The Morgan fingerprint density at radius 3 is 2.05 bits per heavy atom. The van der Waals surface area contributed by atoms with E-state index in [4.69, 9.17) is 25.8 Å². The van der Waals surface area contributed by atoms with Crippen LogP contribution in [-0.4, -0.2) is 58.5 Å². The minimum atomic E-state index is -4.16. The SMILES string of the molecule is COc1cc(CN(C)C(=O)CN(Cc2ccccc2F)S(=O)(=O)c2ccc(Cl)cc2)cc(OC)c1OC. The smallest absolute Gasteiger partial charge is 0.243 e. The lowest BCUT2D eigenvalue weighted by molar-refractivity contribution is -0.130. The molecule has 0 N–H and O–H groups in total. The standard InChI is InChI=1S/C26H28ClFN2O6S/c1-29(15-18-13-23(34-2)26(36-4)24(14-18)35-3)25(31)17-30(16-19-7-5-6-8-22(19)28)37(32,33)21-11-9-20(27)10-12-21/h5-14H,15-17H2,1-4H3. The molecule has 0 saturated carbocycles. The topological polar surface area (TPSA) is 85.4 Å². The Labute approximate surface area is 221 Å². The number of methoxy groups -OCH3 is 3. The second-order valence-corrected chi connectivity index (χ2v) is 10.5. The molecule has 0 atom stereocenters. The second kappa shape index (κ2) is 12.3. The molecule has 8 nitrogen and oxygen atoms in total. The zero-order valence-electron chi connectivity index (χ0n) is 20.9. The predicted molar refractivity (Wildman–Crippen MR) is 138 cm³/mol. The third-order valence-electron chi connectivity index (χ3n) is 5.64. The molecule has 37 heavy (non-hydrogen) atoms. The van der Waals surface area contributed by atoms with E-state index in [0.717, 1.165) is 4.31 Å². The molecule has 0 bridgehead atoms. The van der Waals surface area contributed by atoms with Crippen LogP contribution in [0.15, 0.2) is 65.6 Å². The Morgan fingerprint density at radius 2 is 1.51 bits per heavy atom. The van der Waals surface area contributed by atoms with Crippen LogP contribution in [0, 0.1) is 5.82 Å². The summed E-state index contributed by atoms with van der Waals surface area (Å²) in [6.07, 6.45) is 0. The number of amides is 1. The lowest BCUT2D eigenvalue weighted by atomic mass is 10.1. The highest BCUT2D eigenvalue weighted by Crippen LogP contribution is 2.38. The summed E-state index contributed by atoms with van der Waals surface area (Å²) >= 11 is 5.91. The molecule has 0 aliphatic heterocycles. The number of ether oxygens (including phenoxy) is 3. The van der Waals surface area contributed by atoms with Gasteiger partial charge >= 0.3 is 0 Å². The number of hydrogen-bond acceptors (Lipinski definition) is 6. The first-order valence-corrected chi connectivity index (χ1v) is 12.9. The third-order valence-corrected chi connectivity index (χ3v) is 7.70. The fourth-order valence-corrected chi connectivity index (χ4v) is 5.15. The number of likely N-dealkylation sites (N-methyl/N-ethyl adjacent to an activating group) is 1. The first kappa shape index (κ1) is 28.2. The van der Waals surface area contributed by atoms with E-state index in [1.165, 1.54) is 68.7 Å². The van der Waals surface area contributed by atoms with Crippen LogP contribution in [0.1, 0.15) is 11.1 Å². The fraction of sp³-hybridized carbons (Fsp3) is 0.269. The normalized spacial score (nSPS) is 11.3. The lowest BCUT2D eigenvalue weighted by Crippen LogP contribution is -2.41. The summed E-state index contributed by atoms with van der Waals surface area (Å²) in [6, 6.07) is 14.8. The van der Waals surface area contributed by atoms with Gasteiger partial charge in [-0.3, -0.25) is 4.79 Å². The van der Waals surface area contributed by atoms with Gasteiger partial charge in [-0.25, -0.2) is 12.8 Å². The van der Waals surface area contributed by atoms with E-state index in [1.54, 1.807) is 25.2 Å². The Kier molecular flexibility index (Phi) is 9.36. The number of carbonyl (C=O) groups is 1. The third kappa shape index (κ3) is 6.71. The van der Waals surface area contributed by atoms with Crippen molar-refractivity contribution in [3.05, 3.63) is 82.6 Å². The van der Waals surface area contributed by atoms with Crippen LogP contribution < -0.4 is 14.2 Å². The van der Waals surface area contributed by atoms with Crippen LogP contribution in [0.3, 0.4) is 0 Å². The molecule has 11 heteroatoms. The molecule has 0 radical (unpaired) electrons. The molecule has 0 aliphatic rings. The van der Waals surface area contributed by atoms with Gasteiger partial charge in [0.1, 0.15) is 5.82 Å². The molecular formula is C26H28ClFN2O6S. The Bertz CT molecular complexity index is 1330. The van der Waals surface area contributed by atoms with Gasteiger partial charge in [0.2, 0.25) is 21.7 Å². The van der Waals surface area contributed by atoms with Crippen molar-refractivity contribution in [2.24, 2.45) is 0 Å². The van der Waals surface area contributed by atoms with Gasteiger partial charge < -0.3 is 19.1 Å². The maximum absolute atomic E-state index is 14.4. The van der Waals surface area contributed by atoms with Crippen LogP contribution in [-0.2, 0) is 27.9 Å². The van der Waals surface area contributed by atoms with Crippen molar-refractivity contribution in [1.82, 2.24) is 9.21 Å². The fourth-order valence-electron chi connectivity index (χ4n) is 3.66. The van der Waals surface area contributed by atoms with E-state index in [-0.39, 0.29) is 23.5 Å². The summed E-state index contributed by atoms with van der Waals surface area (Å²) in [6.45, 7) is -0.717. The maximum atomic E-state index is 14.4. The molecular weight excluding hydrogens is 523 g/mol. The zero-order valence-corrected chi connectivity index (χ0v) is 22.5. The van der Waals surface area contributed by atoms with Gasteiger partial charge in [0.15, 0.2) is 11.5 Å². The van der Waals surface area contributed by atoms with Gasteiger partial charge in [-0.2, -0.15) is 4.31 Å². The van der Waals surface area contributed by atoms with E-state index in [0.29, 0.717) is 27.8 Å². The quantitative estimate of drug-likeness (QED) is 0.353. The second-order valence-electron chi connectivity index (χ2n) is 8.10. The highest BCUT2D eigenvalue weighted by atomic mass is 35.5. The van der Waals surface area contributed by atoms with Gasteiger partial charge in [0.05, 0.1) is 32.8 Å². The van der Waals surface area contributed by atoms with Crippen LogP contribution >= 0.6 is 11.6 Å². The van der Waals surface area contributed by atoms with Crippen LogP contribution in [0.2, 0.25) is 5.02 Å². The van der Waals surface area contributed by atoms with E-state index in [2.05, 4.69) is 0 Å². The Hall–Kier alpha value is -3.34. The number of halogens is 2. The number of sulfonamides is 1. The highest BCUT2D eigenvalue weighted by Gasteiger charge is 2.29. The molecule has 0 fully saturated rings. The summed E-state index contributed by atoms with van der Waals surface area (Å²) < 4.78 is 58.3. The predicted octanol–water partition coefficient (Wildman–Crippen LogP) is 4.35. The lowest BCUT2D eigenvalue weighted by Gasteiger charge is -2.25. The molecule has 0 aliphatic carbocycles. The number of rotatable bonds is 11. The van der Waals surface area contributed by atoms with E-state index < -0.39 is 28.3 Å². The van der Waals surface area contributed by atoms with Crippen molar-refractivity contribution in [2.75, 3.05) is 34.9 Å². The van der Waals surface area contributed by atoms with Gasteiger partial charge in [-0.1, -0.05) is 29.8 Å². The number of carbonyl (C=O) groups excluding carboxylic acids is 1. The molecule has 3 rings (SSSR count). The molecule has 0 unspecified atom stereocenters. The molecule has 0 heterocycles. The minimum Gasteiger partial charge on any atom is -0.493 e. The zero-order chi connectivity index (χ0) is 27.2. The number of benzene rings is 3. The van der Waals surface area contributed by atoms with Crippen LogP contribution in [0.25, 0.3) is 0 Å². The van der Waals surface area contributed by atoms with E-state index >= 15 is 0 Å². The Balaban J connectivity index is 1.88. The van der Waals surface area contributed by atoms with E-state index in [9.17, 15) is 17.6 Å². The molecule has 198 valence electrons. The summed E-state index contributed by atoms with van der Waals surface area (Å²) in [5, 5.41) is 0.362. The van der Waals surface area contributed by atoms with Crippen molar-refractivity contribution in [3.63, 3.8) is 0 Å². The first-order chi connectivity index (χ1) is 17.6. The monoisotopic (exact) mass is 550 g/mol. The van der Waals surface area contributed by atoms with Crippen molar-refractivity contribution in [2.45, 2.75) is 18.0 Å². The summed E-state index contributed by atoms with van der Waals surface area (Å²) in [5.41, 5.74) is 0.812. The molecule has 1 amide bonds. The van der Waals surface area contributed by atoms with E-state index in [1.807, 2.05) is 0 Å². The van der Waals surface area contributed by atoms with Gasteiger partial charge in [0, 0.05) is 30.7 Å². The first-order valence-electron chi connectivity index (χ1n) is 11.1. The molecule has 0 saturated heterocycles. The van der Waals surface area contributed by atoms with Crippen molar-refractivity contribution in [1.29, 1.82) is 0 Å². The molecule has 3 aromatic rings. The van der Waals surface area contributed by atoms with Crippen molar-refractivity contribution >= 4 is 27.5 Å². The molecule has 3 aromatic carbocycles. The highest BCUT2D eigenvalue weighted by molar-refractivity contribution is 7.89. The van der Waals surface area contributed by atoms with Crippen LogP contribution in [0.4, 0.5) is 4.39 Å². The summed E-state index contributed by atoms with van der Waals surface area (Å²) in [4.78, 5) is 14.5.